The molecule has 5 atom stereocenters. The van der Waals surface area contributed by atoms with Crippen LogP contribution in [0.3, 0.4) is 0 Å². The van der Waals surface area contributed by atoms with Crippen molar-refractivity contribution in [2.75, 3.05) is 48.0 Å². The number of ether oxygens (including phenoxy) is 4. The van der Waals surface area contributed by atoms with Gasteiger partial charge in [-0.1, -0.05) is 6.92 Å². The molecule has 1 saturated heterocycles. The number of carbonyl (C=O) groups is 2. The van der Waals surface area contributed by atoms with Crippen LogP contribution < -0.4 is 4.74 Å². The third-order valence-electron chi connectivity index (χ3n) is 6.81. The largest absolute Gasteiger partial charge is 0.490 e. The first kappa shape index (κ1) is 25.9. The molecule has 3 rings (SSSR count). The van der Waals surface area contributed by atoms with Crippen LogP contribution >= 0.6 is 0 Å². The Bertz CT molecular complexity index is 916. The molecular formula is C25H35N3O6. The zero-order chi connectivity index (χ0) is 24.8. The number of fused-ring (bicyclic) bond motifs is 3. The Balaban J connectivity index is 1.96. The van der Waals surface area contributed by atoms with Gasteiger partial charge in [0.2, 0.25) is 5.91 Å². The molecule has 1 aromatic rings. The summed E-state index contributed by atoms with van der Waals surface area (Å²) in [5.41, 5.74) is 0.636. The van der Waals surface area contributed by atoms with Crippen LogP contribution in [0, 0.1) is 17.2 Å². The summed E-state index contributed by atoms with van der Waals surface area (Å²) in [5, 5.41) is 9.36. The van der Waals surface area contributed by atoms with Gasteiger partial charge in [-0.25, -0.2) is 0 Å². The second-order valence-electron chi connectivity index (χ2n) is 9.08. The number of nitriles is 1. The first-order chi connectivity index (χ1) is 16.3. The average molecular weight is 474 g/mol. The Labute approximate surface area is 201 Å². The number of amides is 2. The Morgan fingerprint density at radius 3 is 2.47 bits per heavy atom. The van der Waals surface area contributed by atoms with Crippen molar-refractivity contribution in [1.82, 2.24) is 9.80 Å². The van der Waals surface area contributed by atoms with Gasteiger partial charge in [0.15, 0.2) is 0 Å². The van der Waals surface area contributed by atoms with E-state index in [9.17, 15) is 14.9 Å². The fourth-order valence-corrected chi connectivity index (χ4v) is 4.58. The summed E-state index contributed by atoms with van der Waals surface area (Å²) in [4.78, 5) is 29.7. The smallest absolute Gasteiger partial charge is 0.257 e. The van der Waals surface area contributed by atoms with Gasteiger partial charge >= 0.3 is 0 Å². The van der Waals surface area contributed by atoms with Crippen molar-refractivity contribution in [3.63, 3.8) is 0 Å². The molecule has 9 heteroatoms. The van der Waals surface area contributed by atoms with Gasteiger partial charge in [-0.15, -0.1) is 0 Å². The quantitative estimate of drug-likeness (QED) is 0.648. The van der Waals surface area contributed by atoms with Crippen LogP contribution in [0.1, 0.15) is 42.1 Å². The molecule has 34 heavy (non-hydrogen) atoms. The molecule has 0 aromatic heterocycles. The number of hydrogen-bond donors (Lipinski definition) is 0. The van der Waals surface area contributed by atoms with Crippen molar-refractivity contribution in [3.8, 4) is 11.8 Å². The van der Waals surface area contributed by atoms with Crippen molar-refractivity contribution in [2.24, 2.45) is 5.92 Å². The monoisotopic (exact) mass is 473 g/mol. The Morgan fingerprint density at radius 1 is 1.06 bits per heavy atom. The van der Waals surface area contributed by atoms with Gasteiger partial charge in [0.25, 0.3) is 5.91 Å². The number of hydrogen-bond acceptors (Lipinski definition) is 7. The standard InChI is InChI=1S/C25H35N3O6/c1-16-22(32-5)14-28(3)25(30)19-12-17(13-26)6-8-20(19)33-15-23-21(31-4)9-7-18(34-23)10-11-27(2)24(16)29/h6,8,12,16,18,21-23H,7,9-11,14-15H2,1-5H3/t16-,18-,21-,22+,23+/m0/s1. The maximum atomic E-state index is 13.4. The number of methoxy groups -OCH3 is 2. The molecule has 0 aliphatic carbocycles. The first-order valence-corrected chi connectivity index (χ1v) is 11.7. The lowest BCUT2D eigenvalue weighted by atomic mass is 9.98. The van der Waals surface area contributed by atoms with Crippen LogP contribution in [0.5, 0.6) is 5.75 Å². The minimum Gasteiger partial charge on any atom is -0.490 e. The number of rotatable bonds is 2. The zero-order valence-electron chi connectivity index (χ0n) is 20.7. The molecule has 2 bridgehead atoms. The van der Waals surface area contributed by atoms with Gasteiger partial charge in [-0.3, -0.25) is 9.59 Å². The second-order valence-corrected chi connectivity index (χ2v) is 9.08. The SMILES string of the molecule is CO[C@H]1CC[C@H]2CCN(C)C(=O)[C@@H](C)[C@H](OC)CN(C)C(=O)c3cc(C#N)ccc3OC[C@H]1O2. The highest BCUT2D eigenvalue weighted by molar-refractivity contribution is 5.97. The van der Waals surface area contributed by atoms with E-state index < -0.39 is 12.0 Å². The van der Waals surface area contributed by atoms with E-state index >= 15 is 0 Å². The van der Waals surface area contributed by atoms with E-state index in [1.165, 1.54) is 18.1 Å². The molecule has 0 unspecified atom stereocenters. The molecule has 0 spiro atoms. The van der Waals surface area contributed by atoms with Crippen LogP contribution in [0.25, 0.3) is 0 Å². The predicted molar refractivity (Wildman–Crippen MR) is 125 cm³/mol. The lowest BCUT2D eigenvalue weighted by Gasteiger charge is -2.37. The second kappa shape index (κ2) is 11.6. The topological polar surface area (TPSA) is 101 Å². The lowest BCUT2D eigenvalue weighted by molar-refractivity contribution is -0.147. The van der Waals surface area contributed by atoms with Gasteiger partial charge in [-0.05, 0) is 37.5 Å². The van der Waals surface area contributed by atoms with E-state index in [1.54, 1.807) is 38.2 Å². The number of likely N-dealkylation sites (N-methyl/N-ethyl adjacent to an activating group) is 1. The van der Waals surface area contributed by atoms with Gasteiger partial charge < -0.3 is 28.7 Å². The number of benzene rings is 1. The molecule has 2 aliphatic heterocycles. The molecule has 1 fully saturated rings. The van der Waals surface area contributed by atoms with Crippen molar-refractivity contribution >= 4 is 11.8 Å². The summed E-state index contributed by atoms with van der Waals surface area (Å²) >= 11 is 0. The van der Waals surface area contributed by atoms with E-state index in [0.717, 1.165) is 12.8 Å². The van der Waals surface area contributed by atoms with Crippen molar-refractivity contribution < 1.29 is 28.5 Å². The Kier molecular flexibility index (Phi) is 8.89. The van der Waals surface area contributed by atoms with Crippen molar-refractivity contribution in [2.45, 2.75) is 50.6 Å². The van der Waals surface area contributed by atoms with Gasteiger partial charge in [0, 0.05) is 41.4 Å². The Hall–Kier alpha value is -2.67. The molecule has 186 valence electrons. The molecule has 1 aromatic carbocycles. The molecular weight excluding hydrogens is 438 g/mol. The number of carbonyl (C=O) groups excluding carboxylic acids is 2. The molecule has 2 heterocycles. The minimum absolute atomic E-state index is 0.0233. The highest BCUT2D eigenvalue weighted by atomic mass is 16.6. The van der Waals surface area contributed by atoms with Gasteiger partial charge in [0.05, 0.1) is 41.4 Å². The maximum absolute atomic E-state index is 13.4. The summed E-state index contributed by atoms with van der Waals surface area (Å²) in [6.45, 7) is 2.80. The molecule has 2 aliphatic rings. The van der Waals surface area contributed by atoms with E-state index in [2.05, 4.69) is 6.07 Å². The van der Waals surface area contributed by atoms with E-state index in [0.29, 0.717) is 24.3 Å². The highest BCUT2D eigenvalue weighted by Crippen LogP contribution is 2.28. The third-order valence-corrected chi connectivity index (χ3v) is 6.81. The van der Waals surface area contributed by atoms with Crippen LogP contribution in [0.15, 0.2) is 18.2 Å². The third kappa shape index (κ3) is 5.87. The first-order valence-electron chi connectivity index (χ1n) is 11.7. The molecule has 0 saturated carbocycles. The van der Waals surface area contributed by atoms with Crippen LogP contribution in [0.4, 0.5) is 0 Å². The van der Waals surface area contributed by atoms with Crippen LogP contribution in [-0.4, -0.2) is 94.0 Å². The summed E-state index contributed by atoms with van der Waals surface area (Å²) in [5.74, 6) is -0.434. The van der Waals surface area contributed by atoms with E-state index in [4.69, 9.17) is 18.9 Å². The molecule has 2 amide bonds. The van der Waals surface area contributed by atoms with E-state index in [-0.39, 0.29) is 48.8 Å². The molecule has 9 nitrogen and oxygen atoms in total. The zero-order valence-corrected chi connectivity index (χ0v) is 20.7. The molecule has 0 radical (unpaired) electrons. The summed E-state index contributed by atoms with van der Waals surface area (Å²) in [7, 11) is 6.62. The fraction of sp³-hybridized carbons (Fsp3) is 0.640. The van der Waals surface area contributed by atoms with Crippen LogP contribution in [0.2, 0.25) is 0 Å². The minimum atomic E-state index is -0.488. The average Bonchev–Trinajstić information content (AvgIpc) is 2.86. The van der Waals surface area contributed by atoms with Gasteiger partial charge in [-0.2, -0.15) is 5.26 Å². The fourth-order valence-electron chi connectivity index (χ4n) is 4.58. The molecule has 0 N–H and O–H groups in total. The van der Waals surface area contributed by atoms with Crippen LogP contribution in [-0.2, 0) is 19.0 Å². The highest BCUT2D eigenvalue weighted by Gasteiger charge is 2.34. The normalized spacial score (nSPS) is 29.2. The van der Waals surface area contributed by atoms with Gasteiger partial charge in [0.1, 0.15) is 18.5 Å². The van der Waals surface area contributed by atoms with Crippen molar-refractivity contribution in [3.05, 3.63) is 29.3 Å². The number of nitrogens with zero attached hydrogens (tertiary/aromatic N) is 3. The predicted octanol–water partition coefficient (Wildman–Crippen LogP) is 2.08. The van der Waals surface area contributed by atoms with Crippen molar-refractivity contribution in [1.29, 1.82) is 5.26 Å². The van der Waals surface area contributed by atoms with E-state index in [1.807, 2.05) is 6.92 Å². The summed E-state index contributed by atoms with van der Waals surface area (Å²) in [6.07, 6.45) is 1.40. The maximum Gasteiger partial charge on any atom is 0.257 e. The Morgan fingerprint density at radius 2 is 1.79 bits per heavy atom. The lowest BCUT2D eigenvalue weighted by Crippen LogP contribution is -2.47. The summed E-state index contributed by atoms with van der Waals surface area (Å²) in [6, 6.07) is 6.86. The summed E-state index contributed by atoms with van der Waals surface area (Å²) < 4.78 is 23.6.